The molecule has 1 N–H and O–H groups in total. The number of ether oxygens (including phenoxy) is 1. The molecule has 0 aliphatic heterocycles. The van der Waals surface area contributed by atoms with Gasteiger partial charge in [0.2, 0.25) is 0 Å². The van der Waals surface area contributed by atoms with Gasteiger partial charge in [0.05, 0.1) is 5.69 Å². The zero-order valence-electron chi connectivity index (χ0n) is 9.21. The van der Waals surface area contributed by atoms with Gasteiger partial charge in [0, 0.05) is 5.38 Å². The monoisotopic (exact) mass is 249 g/mol. The number of thiazole rings is 1. The maximum absolute atomic E-state index is 11.0. The van der Waals surface area contributed by atoms with Crippen LogP contribution in [0.5, 0.6) is 10.9 Å². The number of carboxylic acids is 1. The van der Waals surface area contributed by atoms with Gasteiger partial charge in [0.15, 0.2) is 0 Å². The topological polar surface area (TPSA) is 59.4 Å². The van der Waals surface area contributed by atoms with E-state index in [1.165, 1.54) is 17.4 Å². The second kappa shape index (κ2) is 4.97. The molecule has 17 heavy (non-hydrogen) atoms. The van der Waals surface area contributed by atoms with Gasteiger partial charge in [0.25, 0.3) is 5.19 Å². The predicted molar refractivity (Wildman–Crippen MR) is 65.0 cm³/mol. The molecule has 5 heteroatoms. The van der Waals surface area contributed by atoms with E-state index in [1.807, 2.05) is 12.3 Å². The quantitative estimate of drug-likeness (QED) is 0.904. The molecule has 0 unspecified atom stereocenters. The molecule has 2 aromatic rings. The van der Waals surface area contributed by atoms with Crippen LogP contribution < -0.4 is 4.74 Å². The van der Waals surface area contributed by atoms with Gasteiger partial charge in [-0.05, 0) is 18.6 Å². The fourth-order valence-corrected chi connectivity index (χ4v) is 2.09. The Morgan fingerprint density at radius 3 is 2.88 bits per heavy atom. The molecule has 1 aromatic carbocycles. The third-order valence-electron chi connectivity index (χ3n) is 2.21. The number of rotatable bonds is 4. The molecule has 4 nitrogen and oxygen atoms in total. The standard InChI is InChI=1S/C12H11NO3S/c1-2-8-7-17-12(13-8)16-10-6-4-3-5-9(10)11(14)15/h3-7H,2H2,1H3,(H,14,15). The lowest BCUT2D eigenvalue weighted by Crippen LogP contribution is -1.99. The second-order valence-corrected chi connectivity index (χ2v) is 4.18. The summed E-state index contributed by atoms with van der Waals surface area (Å²) in [4.78, 5) is 15.2. The van der Waals surface area contributed by atoms with E-state index < -0.39 is 5.97 Å². The number of para-hydroxylation sites is 1. The van der Waals surface area contributed by atoms with Crippen LogP contribution >= 0.6 is 11.3 Å². The van der Waals surface area contributed by atoms with Crippen LogP contribution in [0.2, 0.25) is 0 Å². The van der Waals surface area contributed by atoms with E-state index in [0.717, 1.165) is 12.1 Å². The Bertz CT molecular complexity index is 536. The Labute approximate surface area is 103 Å². The van der Waals surface area contributed by atoms with Gasteiger partial charge < -0.3 is 9.84 Å². The number of benzene rings is 1. The molecule has 2 rings (SSSR count). The van der Waals surface area contributed by atoms with Crippen molar-refractivity contribution in [3.8, 4) is 10.9 Å². The average molecular weight is 249 g/mol. The zero-order chi connectivity index (χ0) is 12.3. The first-order valence-electron chi connectivity index (χ1n) is 5.15. The highest BCUT2D eigenvalue weighted by Gasteiger charge is 2.12. The van der Waals surface area contributed by atoms with Crippen LogP contribution in [0.1, 0.15) is 23.0 Å². The molecule has 0 fully saturated rings. The fourth-order valence-electron chi connectivity index (χ4n) is 1.32. The third-order valence-corrected chi connectivity index (χ3v) is 2.97. The van der Waals surface area contributed by atoms with Gasteiger partial charge in [-0.1, -0.05) is 30.4 Å². The van der Waals surface area contributed by atoms with Crippen molar-refractivity contribution in [2.75, 3.05) is 0 Å². The SMILES string of the molecule is CCc1csc(Oc2ccccc2C(=O)O)n1. The maximum atomic E-state index is 11.0. The molecule has 0 aliphatic rings. The van der Waals surface area contributed by atoms with Crippen molar-refractivity contribution in [2.45, 2.75) is 13.3 Å². The first-order valence-corrected chi connectivity index (χ1v) is 6.03. The van der Waals surface area contributed by atoms with Crippen molar-refractivity contribution >= 4 is 17.3 Å². The summed E-state index contributed by atoms with van der Waals surface area (Å²) in [7, 11) is 0. The predicted octanol–water partition coefficient (Wildman–Crippen LogP) is 3.20. The minimum absolute atomic E-state index is 0.140. The lowest BCUT2D eigenvalue weighted by Gasteiger charge is -2.04. The molecule has 0 bridgehead atoms. The molecule has 88 valence electrons. The Morgan fingerprint density at radius 2 is 2.24 bits per heavy atom. The number of carboxylic acid groups (broad SMARTS) is 1. The van der Waals surface area contributed by atoms with E-state index in [-0.39, 0.29) is 5.56 Å². The Kier molecular flexibility index (Phi) is 3.39. The number of carbonyl (C=O) groups is 1. The molecular weight excluding hydrogens is 238 g/mol. The molecule has 1 aromatic heterocycles. The van der Waals surface area contributed by atoms with Crippen LogP contribution in [0.3, 0.4) is 0 Å². The molecule has 0 spiro atoms. The smallest absolute Gasteiger partial charge is 0.339 e. The van der Waals surface area contributed by atoms with Crippen molar-refractivity contribution in [1.29, 1.82) is 0 Å². The number of hydrogen-bond donors (Lipinski definition) is 1. The zero-order valence-corrected chi connectivity index (χ0v) is 10.0. The van der Waals surface area contributed by atoms with Crippen molar-refractivity contribution < 1.29 is 14.6 Å². The summed E-state index contributed by atoms with van der Waals surface area (Å²) in [5.74, 6) is -0.690. The van der Waals surface area contributed by atoms with Gasteiger partial charge >= 0.3 is 5.97 Å². The largest absolute Gasteiger partial charge is 0.478 e. The van der Waals surface area contributed by atoms with Gasteiger partial charge in [-0.25, -0.2) is 9.78 Å². The van der Waals surface area contributed by atoms with Crippen LogP contribution in [0.15, 0.2) is 29.6 Å². The molecule has 0 saturated heterocycles. The Balaban J connectivity index is 2.26. The van der Waals surface area contributed by atoms with Gasteiger partial charge in [0.1, 0.15) is 11.3 Å². The molecule has 0 amide bonds. The molecule has 1 heterocycles. The highest BCUT2D eigenvalue weighted by molar-refractivity contribution is 7.11. The number of aryl methyl sites for hydroxylation is 1. The Morgan fingerprint density at radius 1 is 1.47 bits per heavy atom. The summed E-state index contributed by atoms with van der Waals surface area (Å²) in [5.41, 5.74) is 1.08. The number of aromatic carboxylic acids is 1. The van der Waals surface area contributed by atoms with E-state index in [2.05, 4.69) is 4.98 Å². The van der Waals surface area contributed by atoms with Crippen molar-refractivity contribution in [3.05, 3.63) is 40.9 Å². The first kappa shape index (κ1) is 11.6. The van der Waals surface area contributed by atoms with E-state index in [4.69, 9.17) is 9.84 Å². The lowest BCUT2D eigenvalue weighted by molar-refractivity contribution is 0.0694. The van der Waals surface area contributed by atoms with E-state index >= 15 is 0 Å². The van der Waals surface area contributed by atoms with Gasteiger partial charge in [-0.3, -0.25) is 0 Å². The molecular formula is C12H11NO3S. The molecule has 0 radical (unpaired) electrons. The van der Waals surface area contributed by atoms with E-state index in [1.54, 1.807) is 18.2 Å². The normalized spacial score (nSPS) is 10.2. The highest BCUT2D eigenvalue weighted by atomic mass is 32.1. The third kappa shape index (κ3) is 2.62. The van der Waals surface area contributed by atoms with Crippen LogP contribution in [-0.4, -0.2) is 16.1 Å². The summed E-state index contributed by atoms with van der Waals surface area (Å²) in [6.07, 6.45) is 0.834. The van der Waals surface area contributed by atoms with Crippen LogP contribution in [-0.2, 0) is 6.42 Å². The van der Waals surface area contributed by atoms with Crippen molar-refractivity contribution in [1.82, 2.24) is 4.98 Å². The van der Waals surface area contributed by atoms with Crippen LogP contribution in [0.25, 0.3) is 0 Å². The molecule has 0 saturated carbocycles. The minimum Gasteiger partial charge on any atom is -0.478 e. The lowest BCUT2D eigenvalue weighted by atomic mass is 10.2. The van der Waals surface area contributed by atoms with Gasteiger partial charge in [-0.2, -0.15) is 0 Å². The summed E-state index contributed by atoms with van der Waals surface area (Å²) < 4.78 is 5.48. The number of aromatic nitrogens is 1. The minimum atomic E-state index is -1.01. The fraction of sp³-hybridized carbons (Fsp3) is 0.167. The van der Waals surface area contributed by atoms with Crippen molar-refractivity contribution in [2.24, 2.45) is 0 Å². The molecule has 0 aliphatic carbocycles. The second-order valence-electron chi connectivity index (χ2n) is 3.36. The van der Waals surface area contributed by atoms with Crippen LogP contribution in [0, 0.1) is 0 Å². The summed E-state index contributed by atoms with van der Waals surface area (Å²) in [6.45, 7) is 2.00. The van der Waals surface area contributed by atoms with Gasteiger partial charge in [-0.15, -0.1) is 0 Å². The van der Waals surface area contributed by atoms with Crippen molar-refractivity contribution in [3.63, 3.8) is 0 Å². The molecule has 0 atom stereocenters. The van der Waals surface area contributed by atoms with E-state index in [9.17, 15) is 4.79 Å². The number of nitrogens with zero attached hydrogens (tertiary/aromatic N) is 1. The average Bonchev–Trinajstić information content (AvgIpc) is 2.77. The summed E-state index contributed by atoms with van der Waals surface area (Å²) in [6, 6.07) is 6.52. The first-order chi connectivity index (χ1) is 8.20. The maximum Gasteiger partial charge on any atom is 0.339 e. The van der Waals surface area contributed by atoms with Crippen LogP contribution in [0.4, 0.5) is 0 Å². The summed E-state index contributed by atoms with van der Waals surface area (Å²) in [5, 5.41) is 11.4. The number of hydrogen-bond acceptors (Lipinski definition) is 4. The Hall–Kier alpha value is -1.88. The summed E-state index contributed by atoms with van der Waals surface area (Å²) >= 11 is 1.36. The van der Waals surface area contributed by atoms with E-state index in [0.29, 0.717) is 10.9 Å². The highest BCUT2D eigenvalue weighted by Crippen LogP contribution is 2.28.